The molecular weight excluding hydrogens is 475 g/mol. The third-order valence-corrected chi connectivity index (χ3v) is 7.44. The van der Waals surface area contributed by atoms with E-state index in [0.29, 0.717) is 49.0 Å². The first-order valence-corrected chi connectivity index (χ1v) is 12.7. The Morgan fingerprint density at radius 2 is 1.94 bits per heavy atom. The molecule has 1 fully saturated rings. The molecule has 0 aliphatic carbocycles. The third kappa shape index (κ3) is 6.27. The molecule has 178 valence electrons. The molecule has 34 heavy (non-hydrogen) atoms. The number of hydrogen-bond donors (Lipinski definition) is 1. The van der Waals surface area contributed by atoms with Gasteiger partial charge < -0.3 is 19.9 Å². The highest BCUT2D eigenvalue weighted by Crippen LogP contribution is 2.25. The van der Waals surface area contributed by atoms with Crippen LogP contribution in [0.5, 0.6) is 5.75 Å². The van der Waals surface area contributed by atoms with E-state index in [9.17, 15) is 14.0 Å². The highest BCUT2D eigenvalue weighted by molar-refractivity contribution is 8.01. The molecule has 1 aliphatic rings. The molecule has 10 heteroatoms. The molecule has 0 spiro atoms. The zero-order chi connectivity index (χ0) is 23.9. The van der Waals surface area contributed by atoms with Gasteiger partial charge in [-0.15, -0.1) is 11.3 Å². The lowest BCUT2D eigenvalue weighted by Gasteiger charge is -2.36. The number of amides is 2. The molecule has 2 aromatic carbocycles. The Balaban J connectivity index is 1.22. The summed E-state index contributed by atoms with van der Waals surface area (Å²) in [5, 5.41) is 4.69. The predicted octanol–water partition coefficient (Wildman–Crippen LogP) is 3.91. The quantitative estimate of drug-likeness (QED) is 0.473. The van der Waals surface area contributed by atoms with Crippen molar-refractivity contribution in [2.24, 2.45) is 0 Å². The Kier molecular flexibility index (Phi) is 8.02. The van der Waals surface area contributed by atoms with Crippen LogP contribution in [0.3, 0.4) is 0 Å². The Morgan fingerprint density at radius 3 is 2.71 bits per heavy atom. The van der Waals surface area contributed by atoms with Gasteiger partial charge in [0.05, 0.1) is 30.7 Å². The number of nitrogens with one attached hydrogen (secondary N) is 1. The van der Waals surface area contributed by atoms with Crippen molar-refractivity contribution in [2.75, 3.05) is 49.3 Å². The predicted molar refractivity (Wildman–Crippen MR) is 133 cm³/mol. The molecule has 2 heterocycles. The smallest absolute Gasteiger partial charge is 0.234 e. The van der Waals surface area contributed by atoms with E-state index in [4.69, 9.17) is 4.74 Å². The van der Waals surface area contributed by atoms with Gasteiger partial charge in [-0.2, -0.15) is 0 Å². The van der Waals surface area contributed by atoms with Gasteiger partial charge in [-0.3, -0.25) is 9.59 Å². The molecular formula is C24H25FN4O3S2. The van der Waals surface area contributed by atoms with E-state index in [2.05, 4.69) is 10.3 Å². The second kappa shape index (κ2) is 11.3. The minimum Gasteiger partial charge on any atom is -0.497 e. The van der Waals surface area contributed by atoms with E-state index in [1.165, 1.54) is 29.2 Å². The first-order chi connectivity index (χ1) is 16.5. The third-order valence-electron chi connectivity index (χ3n) is 5.37. The summed E-state index contributed by atoms with van der Waals surface area (Å²) in [6.07, 6.45) is 0.215. The minimum atomic E-state index is -0.244. The van der Waals surface area contributed by atoms with Crippen LogP contribution >= 0.6 is 23.1 Å². The highest BCUT2D eigenvalue weighted by atomic mass is 32.2. The lowest BCUT2D eigenvalue weighted by molar-refractivity contribution is -0.130. The standard InChI is InChI=1S/C24H25FN4O3S2/c1-32-19-6-4-5-17(13-19)26-22(30)16-34-24-27-18(15-33-24)14-23(31)29-11-9-28(10-12-29)21-8-3-2-7-20(21)25/h2-8,13,15H,9-12,14,16H2,1H3,(H,26,30). The second-order valence-corrected chi connectivity index (χ2v) is 9.75. The Hall–Kier alpha value is -3.11. The molecule has 1 aliphatic heterocycles. The number of carbonyl (C=O) groups is 2. The van der Waals surface area contributed by atoms with E-state index in [1.807, 2.05) is 28.5 Å². The van der Waals surface area contributed by atoms with Crippen molar-refractivity contribution in [2.45, 2.75) is 10.8 Å². The van der Waals surface area contributed by atoms with E-state index >= 15 is 0 Å². The molecule has 0 saturated carbocycles. The lowest BCUT2D eigenvalue weighted by Crippen LogP contribution is -2.49. The molecule has 1 N–H and O–H groups in total. The summed E-state index contributed by atoms with van der Waals surface area (Å²) in [5.41, 5.74) is 1.94. The Bertz CT molecular complexity index is 1150. The molecule has 2 amide bonds. The van der Waals surface area contributed by atoms with E-state index in [1.54, 1.807) is 36.3 Å². The van der Waals surface area contributed by atoms with Gasteiger partial charge in [0.1, 0.15) is 11.6 Å². The fraction of sp³-hybridized carbons (Fsp3) is 0.292. The summed E-state index contributed by atoms with van der Waals surface area (Å²) in [5.74, 6) is 0.515. The van der Waals surface area contributed by atoms with Gasteiger partial charge in [-0.05, 0) is 24.3 Å². The van der Waals surface area contributed by atoms with Crippen molar-refractivity contribution in [1.82, 2.24) is 9.88 Å². The number of methoxy groups -OCH3 is 1. The number of aromatic nitrogens is 1. The molecule has 0 radical (unpaired) electrons. The van der Waals surface area contributed by atoms with Crippen LogP contribution in [0.4, 0.5) is 15.8 Å². The minimum absolute atomic E-state index is 0.00537. The number of benzene rings is 2. The van der Waals surface area contributed by atoms with E-state index in [0.717, 1.165) is 4.34 Å². The number of hydrogen-bond acceptors (Lipinski definition) is 7. The van der Waals surface area contributed by atoms with E-state index < -0.39 is 0 Å². The fourth-order valence-electron chi connectivity index (χ4n) is 3.63. The maximum absolute atomic E-state index is 14.0. The van der Waals surface area contributed by atoms with Gasteiger partial charge >= 0.3 is 0 Å². The maximum atomic E-state index is 14.0. The zero-order valence-electron chi connectivity index (χ0n) is 18.7. The molecule has 7 nitrogen and oxygen atoms in total. The SMILES string of the molecule is COc1cccc(NC(=O)CSc2nc(CC(=O)N3CCN(c4ccccc4F)CC3)cs2)c1. The summed E-state index contributed by atoms with van der Waals surface area (Å²) < 4.78 is 19.9. The van der Waals surface area contributed by atoms with E-state index in [-0.39, 0.29) is 29.8 Å². The van der Waals surface area contributed by atoms with Gasteiger partial charge in [-0.1, -0.05) is 30.0 Å². The molecule has 4 rings (SSSR count). The normalized spacial score (nSPS) is 13.6. The summed E-state index contributed by atoms with van der Waals surface area (Å²) in [7, 11) is 1.58. The summed E-state index contributed by atoms with van der Waals surface area (Å²) in [6.45, 7) is 2.27. The van der Waals surface area contributed by atoms with Crippen molar-refractivity contribution in [3.8, 4) is 5.75 Å². The fourth-order valence-corrected chi connectivity index (χ4v) is 5.28. The summed E-state index contributed by atoms with van der Waals surface area (Å²) in [6, 6.07) is 13.9. The number of piperazine rings is 1. The van der Waals surface area contributed by atoms with Crippen LogP contribution < -0.4 is 15.0 Å². The largest absolute Gasteiger partial charge is 0.497 e. The molecule has 3 aromatic rings. The Morgan fingerprint density at radius 1 is 1.15 bits per heavy atom. The van der Waals surface area contributed by atoms with Gasteiger partial charge in [0.25, 0.3) is 0 Å². The zero-order valence-corrected chi connectivity index (χ0v) is 20.3. The van der Waals surface area contributed by atoms with Crippen LogP contribution in [0.25, 0.3) is 0 Å². The van der Waals surface area contributed by atoms with Crippen LogP contribution in [0.1, 0.15) is 5.69 Å². The average molecular weight is 501 g/mol. The monoisotopic (exact) mass is 500 g/mol. The number of anilines is 2. The molecule has 1 aromatic heterocycles. The van der Waals surface area contributed by atoms with Crippen molar-refractivity contribution in [3.05, 3.63) is 65.4 Å². The second-order valence-electron chi connectivity index (χ2n) is 7.67. The van der Waals surface area contributed by atoms with Crippen LogP contribution in [0.15, 0.2) is 58.3 Å². The van der Waals surface area contributed by atoms with Crippen LogP contribution in [-0.4, -0.2) is 60.7 Å². The molecule has 1 saturated heterocycles. The first kappa shape index (κ1) is 24.0. The Labute approximate surface area is 205 Å². The van der Waals surface area contributed by atoms with Crippen LogP contribution in [-0.2, 0) is 16.0 Å². The van der Waals surface area contributed by atoms with Gasteiger partial charge in [0.15, 0.2) is 4.34 Å². The van der Waals surface area contributed by atoms with Crippen molar-refractivity contribution < 1.29 is 18.7 Å². The highest BCUT2D eigenvalue weighted by Gasteiger charge is 2.23. The number of rotatable bonds is 8. The number of nitrogens with zero attached hydrogens (tertiary/aromatic N) is 3. The topological polar surface area (TPSA) is 74.8 Å². The summed E-state index contributed by atoms with van der Waals surface area (Å²) >= 11 is 2.76. The van der Waals surface area contributed by atoms with Crippen molar-refractivity contribution >= 4 is 46.3 Å². The van der Waals surface area contributed by atoms with Gasteiger partial charge in [0, 0.05) is 43.3 Å². The molecule has 0 bridgehead atoms. The average Bonchev–Trinajstić information content (AvgIpc) is 3.30. The van der Waals surface area contributed by atoms with Crippen LogP contribution in [0.2, 0.25) is 0 Å². The van der Waals surface area contributed by atoms with Crippen molar-refractivity contribution in [1.29, 1.82) is 0 Å². The number of ether oxygens (including phenoxy) is 1. The van der Waals surface area contributed by atoms with Crippen LogP contribution in [0, 0.1) is 5.82 Å². The number of para-hydroxylation sites is 1. The number of carbonyl (C=O) groups excluding carboxylic acids is 2. The molecule has 0 atom stereocenters. The number of halogens is 1. The maximum Gasteiger partial charge on any atom is 0.234 e. The molecule has 0 unspecified atom stereocenters. The lowest BCUT2D eigenvalue weighted by atomic mass is 10.2. The van der Waals surface area contributed by atoms with Crippen molar-refractivity contribution in [3.63, 3.8) is 0 Å². The first-order valence-electron chi connectivity index (χ1n) is 10.8. The summed E-state index contributed by atoms with van der Waals surface area (Å²) in [4.78, 5) is 33.2. The number of thiazole rings is 1. The van der Waals surface area contributed by atoms with Gasteiger partial charge in [-0.25, -0.2) is 9.37 Å². The van der Waals surface area contributed by atoms with Gasteiger partial charge in [0.2, 0.25) is 11.8 Å². The number of thioether (sulfide) groups is 1.